The quantitative estimate of drug-likeness (QED) is 0.529. The Morgan fingerprint density at radius 1 is 1.75 bits per heavy atom. The molecule has 0 saturated heterocycles. The van der Waals surface area contributed by atoms with Crippen LogP contribution in [0.15, 0.2) is 24.8 Å². The van der Waals surface area contributed by atoms with Gasteiger partial charge in [-0.3, -0.25) is 0 Å². The first-order valence-corrected chi connectivity index (χ1v) is 4.37. The summed E-state index contributed by atoms with van der Waals surface area (Å²) >= 11 is 1.44. The first-order chi connectivity index (χ1) is 5.77. The van der Waals surface area contributed by atoms with E-state index in [9.17, 15) is 4.79 Å². The van der Waals surface area contributed by atoms with Crippen LogP contribution in [0.5, 0.6) is 0 Å². The fraction of sp³-hybridized carbons (Fsp3) is 0.222. The van der Waals surface area contributed by atoms with Crippen molar-refractivity contribution in [3.05, 3.63) is 34.5 Å². The number of allylic oxidation sites excluding steroid dienone is 1. The molecule has 64 valence electrons. The molecule has 0 radical (unpaired) electrons. The van der Waals surface area contributed by atoms with Gasteiger partial charge in [-0.15, -0.1) is 17.9 Å². The highest BCUT2D eigenvalue weighted by atomic mass is 32.1. The largest absolute Gasteiger partial charge is 0.465 e. The van der Waals surface area contributed by atoms with E-state index in [2.05, 4.69) is 11.3 Å². The number of hydrogen-bond donors (Lipinski definition) is 0. The summed E-state index contributed by atoms with van der Waals surface area (Å²) in [6, 6.07) is 3.69. The Morgan fingerprint density at radius 2 is 2.50 bits per heavy atom. The Bertz CT molecular complexity index is 288. The van der Waals surface area contributed by atoms with E-state index in [1.807, 2.05) is 12.1 Å². The van der Waals surface area contributed by atoms with Crippen molar-refractivity contribution in [2.75, 3.05) is 7.11 Å². The Labute approximate surface area is 75.5 Å². The molecule has 1 rings (SSSR count). The molecule has 0 aromatic carbocycles. The minimum absolute atomic E-state index is 0.268. The van der Waals surface area contributed by atoms with Gasteiger partial charge in [0.25, 0.3) is 0 Å². The molecule has 0 aliphatic rings. The van der Waals surface area contributed by atoms with Gasteiger partial charge < -0.3 is 4.74 Å². The fourth-order valence-electron chi connectivity index (χ4n) is 0.840. The first kappa shape index (κ1) is 9.00. The molecule has 0 fully saturated rings. The molecule has 0 spiro atoms. The molecule has 1 heterocycles. The highest BCUT2D eigenvalue weighted by molar-refractivity contribution is 7.13. The molecule has 0 aliphatic carbocycles. The number of ether oxygens (including phenoxy) is 1. The Balaban J connectivity index is 2.76. The lowest BCUT2D eigenvalue weighted by molar-refractivity contribution is 0.0606. The van der Waals surface area contributed by atoms with Gasteiger partial charge in [-0.1, -0.05) is 6.08 Å². The van der Waals surface area contributed by atoms with E-state index in [1.165, 1.54) is 18.4 Å². The maximum atomic E-state index is 11.0. The molecular formula is C9H10O2S. The van der Waals surface area contributed by atoms with E-state index < -0.39 is 0 Å². The lowest BCUT2D eigenvalue weighted by Gasteiger charge is -1.91. The van der Waals surface area contributed by atoms with Crippen LogP contribution in [0.3, 0.4) is 0 Å². The Morgan fingerprint density at radius 3 is 3.08 bits per heavy atom. The summed E-state index contributed by atoms with van der Waals surface area (Å²) in [6.45, 7) is 3.62. The SMILES string of the molecule is C=CCc1ccc(C(=O)OC)s1. The van der Waals surface area contributed by atoms with Gasteiger partial charge in [-0.2, -0.15) is 0 Å². The monoisotopic (exact) mass is 182 g/mol. The predicted molar refractivity (Wildman–Crippen MR) is 49.6 cm³/mol. The van der Waals surface area contributed by atoms with E-state index in [0.717, 1.165) is 11.3 Å². The molecule has 0 saturated carbocycles. The van der Waals surface area contributed by atoms with Crippen molar-refractivity contribution < 1.29 is 9.53 Å². The lowest BCUT2D eigenvalue weighted by Crippen LogP contribution is -1.96. The van der Waals surface area contributed by atoms with Gasteiger partial charge in [0.2, 0.25) is 0 Å². The van der Waals surface area contributed by atoms with Crippen LogP contribution in [-0.4, -0.2) is 13.1 Å². The summed E-state index contributed by atoms with van der Waals surface area (Å²) in [7, 11) is 1.38. The van der Waals surface area contributed by atoms with E-state index in [0.29, 0.717) is 4.88 Å². The number of rotatable bonds is 3. The van der Waals surface area contributed by atoms with Gasteiger partial charge >= 0.3 is 5.97 Å². The summed E-state index contributed by atoms with van der Waals surface area (Å²) in [6.07, 6.45) is 2.62. The lowest BCUT2D eigenvalue weighted by atomic mass is 10.3. The summed E-state index contributed by atoms with van der Waals surface area (Å²) in [5.74, 6) is -0.268. The van der Waals surface area contributed by atoms with Crippen molar-refractivity contribution >= 4 is 17.3 Å². The maximum absolute atomic E-state index is 11.0. The van der Waals surface area contributed by atoms with Crippen LogP contribution >= 0.6 is 11.3 Å². The number of methoxy groups -OCH3 is 1. The number of esters is 1. The van der Waals surface area contributed by atoms with E-state index in [-0.39, 0.29) is 5.97 Å². The van der Waals surface area contributed by atoms with Crippen molar-refractivity contribution in [1.82, 2.24) is 0 Å². The molecule has 0 amide bonds. The van der Waals surface area contributed by atoms with Gasteiger partial charge in [-0.05, 0) is 18.6 Å². The van der Waals surface area contributed by atoms with Crippen LogP contribution in [0.4, 0.5) is 0 Å². The van der Waals surface area contributed by atoms with Crippen LogP contribution in [-0.2, 0) is 11.2 Å². The third-order valence-electron chi connectivity index (χ3n) is 1.39. The first-order valence-electron chi connectivity index (χ1n) is 3.56. The molecule has 1 aromatic heterocycles. The average Bonchev–Trinajstić information content (AvgIpc) is 2.52. The summed E-state index contributed by atoms with van der Waals surface area (Å²) < 4.78 is 4.57. The zero-order valence-corrected chi connectivity index (χ0v) is 7.69. The summed E-state index contributed by atoms with van der Waals surface area (Å²) in [5.41, 5.74) is 0. The third kappa shape index (κ3) is 1.95. The molecule has 0 unspecified atom stereocenters. The van der Waals surface area contributed by atoms with Crippen molar-refractivity contribution in [3.63, 3.8) is 0 Å². The molecule has 12 heavy (non-hydrogen) atoms. The Hall–Kier alpha value is -1.09. The second kappa shape index (κ2) is 4.07. The molecular weight excluding hydrogens is 172 g/mol. The minimum atomic E-state index is -0.268. The van der Waals surface area contributed by atoms with E-state index in [4.69, 9.17) is 0 Å². The van der Waals surface area contributed by atoms with Crippen LogP contribution in [0, 0.1) is 0 Å². The van der Waals surface area contributed by atoms with Crippen molar-refractivity contribution in [1.29, 1.82) is 0 Å². The third-order valence-corrected chi connectivity index (χ3v) is 2.48. The Kier molecular flexibility index (Phi) is 3.05. The number of hydrogen-bond acceptors (Lipinski definition) is 3. The second-order valence-electron chi connectivity index (χ2n) is 2.25. The zero-order chi connectivity index (χ0) is 8.97. The highest BCUT2D eigenvalue weighted by Gasteiger charge is 2.07. The van der Waals surface area contributed by atoms with Crippen LogP contribution in [0.1, 0.15) is 14.5 Å². The summed E-state index contributed by atoms with van der Waals surface area (Å²) in [5, 5.41) is 0. The number of carbonyl (C=O) groups is 1. The normalized spacial score (nSPS) is 9.42. The van der Waals surface area contributed by atoms with Gasteiger partial charge in [0.15, 0.2) is 0 Å². The van der Waals surface area contributed by atoms with Gasteiger partial charge in [0.05, 0.1) is 7.11 Å². The van der Waals surface area contributed by atoms with Crippen LogP contribution in [0.25, 0.3) is 0 Å². The fourth-order valence-corrected chi connectivity index (χ4v) is 1.76. The molecule has 2 nitrogen and oxygen atoms in total. The second-order valence-corrected chi connectivity index (χ2v) is 3.42. The van der Waals surface area contributed by atoms with Gasteiger partial charge in [0, 0.05) is 4.88 Å². The van der Waals surface area contributed by atoms with E-state index in [1.54, 1.807) is 6.07 Å². The highest BCUT2D eigenvalue weighted by Crippen LogP contribution is 2.17. The maximum Gasteiger partial charge on any atom is 0.348 e. The van der Waals surface area contributed by atoms with Crippen molar-refractivity contribution in [2.24, 2.45) is 0 Å². The topological polar surface area (TPSA) is 26.3 Å². The van der Waals surface area contributed by atoms with Gasteiger partial charge in [0.1, 0.15) is 4.88 Å². The molecule has 0 bridgehead atoms. The standard InChI is InChI=1S/C9H10O2S/c1-3-4-7-5-6-8(12-7)9(10)11-2/h3,5-6H,1,4H2,2H3. The number of thiophene rings is 1. The zero-order valence-electron chi connectivity index (χ0n) is 6.87. The minimum Gasteiger partial charge on any atom is -0.465 e. The van der Waals surface area contributed by atoms with E-state index >= 15 is 0 Å². The molecule has 0 N–H and O–H groups in total. The van der Waals surface area contributed by atoms with Crippen molar-refractivity contribution in [2.45, 2.75) is 6.42 Å². The van der Waals surface area contributed by atoms with Crippen LogP contribution in [0.2, 0.25) is 0 Å². The van der Waals surface area contributed by atoms with Crippen LogP contribution < -0.4 is 0 Å². The molecule has 0 aliphatic heterocycles. The molecule has 3 heteroatoms. The molecule has 0 atom stereocenters. The smallest absolute Gasteiger partial charge is 0.348 e. The van der Waals surface area contributed by atoms with Gasteiger partial charge in [-0.25, -0.2) is 4.79 Å². The summed E-state index contributed by atoms with van der Waals surface area (Å²) in [4.78, 5) is 12.8. The average molecular weight is 182 g/mol. The molecule has 1 aromatic rings. The predicted octanol–water partition coefficient (Wildman–Crippen LogP) is 2.26. The van der Waals surface area contributed by atoms with Crippen molar-refractivity contribution in [3.8, 4) is 0 Å². The number of carbonyl (C=O) groups excluding carboxylic acids is 1.